The van der Waals surface area contributed by atoms with Crippen LogP contribution in [0.4, 0.5) is 0 Å². The van der Waals surface area contributed by atoms with Gasteiger partial charge in [0.25, 0.3) is 5.91 Å². The van der Waals surface area contributed by atoms with Crippen molar-refractivity contribution in [2.75, 3.05) is 6.54 Å². The largest absolute Gasteiger partial charge is 0.339 e. The summed E-state index contributed by atoms with van der Waals surface area (Å²) in [5.74, 6) is -1.20. The van der Waals surface area contributed by atoms with Crippen LogP contribution in [0.15, 0.2) is 24.4 Å². The molecule has 3 rings (SSSR count). The van der Waals surface area contributed by atoms with Gasteiger partial charge in [-0.1, -0.05) is 6.07 Å². The van der Waals surface area contributed by atoms with Gasteiger partial charge in [0, 0.05) is 25.2 Å². The van der Waals surface area contributed by atoms with Gasteiger partial charge in [-0.25, -0.2) is 0 Å². The highest BCUT2D eigenvalue weighted by atomic mass is 16.2. The maximum absolute atomic E-state index is 12.0. The zero-order valence-corrected chi connectivity index (χ0v) is 11.4. The van der Waals surface area contributed by atoms with E-state index in [0.717, 1.165) is 12.8 Å². The predicted molar refractivity (Wildman–Crippen MR) is 72.7 cm³/mol. The fraction of sp³-hybridized carbons (Fsp3) is 0.429. The highest BCUT2D eigenvalue weighted by molar-refractivity contribution is 5.95. The first kappa shape index (κ1) is 13.5. The number of aromatic nitrogens is 1. The van der Waals surface area contributed by atoms with Gasteiger partial charge in [-0.05, 0) is 25.0 Å². The van der Waals surface area contributed by atoms with Gasteiger partial charge in [0.1, 0.15) is 5.69 Å². The lowest BCUT2D eigenvalue weighted by atomic mass is 10.1. The zero-order chi connectivity index (χ0) is 14.8. The third-order valence-corrected chi connectivity index (χ3v) is 3.71. The van der Waals surface area contributed by atoms with Crippen molar-refractivity contribution in [1.82, 2.24) is 20.7 Å². The molecule has 1 aromatic heterocycles. The molecule has 0 unspecified atom stereocenters. The summed E-state index contributed by atoms with van der Waals surface area (Å²) in [6.45, 7) is 0.439. The highest BCUT2D eigenvalue weighted by Crippen LogP contribution is 2.32. The Kier molecular flexibility index (Phi) is 3.55. The molecule has 0 spiro atoms. The van der Waals surface area contributed by atoms with Crippen LogP contribution in [0.1, 0.15) is 29.8 Å². The van der Waals surface area contributed by atoms with E-state index in [4.69, 9.17) is 0 Å². The number of hydrazine groups is 1. The number of nitrogens with one attached hydrogen (secondary N) is 2. The average Bonchev–Trinajstić information content (AvgIpc) is 3.28. The molecule has 2 N–H and O–H groups in total. The number of nitrogens with zero attached hydrogens (tertiary/aromatic N) is 2. The van der Waals surface area contributed by atoms with Crippen LogP contribution in [0.5, 0.6) is 0 Å². The Bertz CT molecular complexity index is 571. The second-order valence-corrected chi connectivity index (χ2v) is 5.34. The van der Waals surface area contributed by atoms with E-state index in [2.05, 4.69) is 15.8 Å². The van der Waals surface area contributed by atoms with E-state index >= 15 is 0 Å². The van der Waals surface area contributed by atoms with Crippen molar-refractivity contribution in [2.45, 2.75) is 25.3 Å². The van der Waals surface area contributed by atoms with Gasteiger partial charge in [0.15, 0.2) is 0 Å². The first-order valence-corrected chi connectivity index (χ1v) is 6.96. The van der Waals surface area contributed by atoms with Crippen LogP contribution in [0.3, 0.4) is 0 Å². The molecule has 7 nitrogen and oxygen atoms in total. The first-order valence-electron chi connectivity index (χ1n) is 6.96. The molecule has 2 aliphatic rings. The Morgan fingerprint density at radius 3 is 2.71 bits per heavy atom. The maximum atomic E-state index is 12.0. The number of amides is 3. The molecule has 1 aliphatic heterocycles. The molecule has 1 saturated carbocycles. The monoisotopic (exact) mass is 288 g/mol. The summed E-state index contributed by atoms with van der Waals surface area (Å²) in [6.07, 6.45) is 3.76. The lowest BCUT2D eigenvalue weighted by Crippen LogP contribution is -2.45. The van der Waals surface area contributed by atoms with Crippen LogP contribution in [-0.2, 0) is 9.59 Å². The second kappa shape index (κ2) is 5.51. The number of carbonyl (C=O) groups is 3. The van der Waals surface area contributed by atoms with Gasteiger partial charge in [-0.3, -0.25) is 30.2 Å². The molecule has 110 valence electrons. The summed E-state index contributed by atoms with van der Waals surface area (Å²) in [6, 6.07) is 5.26. The minimum Gasteiger partial charge on any atom is -0.339 e. The quantitative estimate of drug-likeness (QED) is 0.757. The summed E-state index contributed by atoms with van der Waals surface area (Å²) < 4.78 is 0. The van der Waals surface area contributed by atoms with E-state index in [0.29, 0.717) is 12.6 Å². The Morgan fingerprint density at radius 2 is 2.05 bits per heavy atom. The van der Waals surface area contributed by atoms with Crippen molar-refractivity contribution >= 4 is 17.7 Å². The van der Waals surface area contributed by atoms with E-state index in [1.807, 2.05) is 0 Å². The second-order valence-electron chi connectivity index (χ2n) is 5.34. The van der Waals surface area contributed by atoms with Crippen molar-refractivity contribution in [3.05, 3.63) is 30.1 Å². The Labute approximate surface area is 121 Å². The highest BCUT2D eigenvalue weighted by Gasteiger charge is 2.41. The summed E-state index contributed by atoms with van der Waals surface area (Å²) >= 11 is 0. The molecular weight excluding hydrogens is 272 g/mol. The van der Waals surface area contributed by atoms with Crippen LogP contribution in [0, 0.1) is 5.92 Å². The molecule has 7 heteroatoms. The van der Waals surface area contributed by atoms with E-state index in [9.17, 15) is 14.4 Å². The standard InChI is InChI=1S/C14H16N4O3/c19-12-7-9(8-18(12)10-4-5-10)13(20)16-17-14(21)11-3-1-2-6-15-11/h1-3,6,9-10H,4-5,7-8H2,(H,16,20)(H,17,21)/t9-/m1/s1. The third kappa shape index (κ3) is 3.01. The van der Waals surface area contributed by atoms with Crippen LogP contribution < -0.4 is 10.9 Å². The number of hydrogen-bond acceptors (Lipinski definition) is 4. The van der Waals surface area contributed by atoms with Gasteiger partial charge in [-0.2, -0.15) is 0 Å². The molecule has 1 aliphatic carbocycles. The molecule has 3 amide bonds. The molecule has 1 saturated heterocycles. The van der Waals surface area contributed by atoms with Gasteiger partial charge in [0.05, 0.1) is 5.92 Å². The minimum atomic E-state index is -0.479. The molecule has 1 atom stereocenters. The van der Waals surface area contributed by atoms with Crippen molar-refractivity contribution in [3.63, 3.8) is 0 Å². The van der Waals surface area contributed by atoms with Gasteiger partial charge < -0.3 is 4.90 Å². The zero-order valence-electron chi connectivity index (χ0n) is 11.4. The molecule has 1 aromatic rings. The topological polar surface area (TPSA) is 91.4 Å². The Morgan fingerprint density at radius 1 is 1.24 bits per heavy atom. The third-order valence-electron chi connectivity index (χ3n) is 3.71. The number of pyridine rings is 1. The molecule has 2 fully saturated rings. The summed E-state index contributed by atoms with van der Waals surface area (Å²) in [7, 11) is 0. The van der Waals surface area contributed by atoms with Crippen LogP contribution >= 0.6 is 0 Å². The first-order chi connectivity index (χ1) is 10.1. The summed E-state index contributed by atoms with van der Waals surface area (Å²) in [5, 5.41) is 0. The van der Waals surface area contributed by atoms with E-state index < -0.39 is 11.8 Å². The van der Waals surface area contributed by atoms with Gasteiger partial charge in [-0.15, -0.1) is 0 Å². The number of carbonyl (C=O) groups excluding carboxylic acids is 3. The Hall–Kier alpha value is -2.44. The molecular formula is C14H16N4O3. The van der Waals surface area contributed by atoms with Crippen molar-refractivity contribution in [2.24, 2.45) is 5.92 Å². The van der Waals surface area contributed by atoms with Crippen LogP contribution in [-0.4, -0.2) is 40.2 Å². The molecule has 0 radical (unpaired) electrons. The summed E-state index contributed by atoms with van der Waals surface area (Å²) in [5.41, 5.74) is 4.91. The van der Waals surface area contributed by atoms with Crippen LogP contribution in [0.2, 0.25) is 0 Å². The van der Waals surface area contributed by atoms with E-state index in [1.54, 1.807) is 23.1 Å². The lowest BCUT2D eigenvalue weighted by molar-refractivity contribution is -0.129. The van der Waals surface area contributed by atoms with Gasteiger partial charge in [0.2, 0.25) is 11.8 Å². The molecule has 21 heavy (non-hydrogen) atoms. The van der Waals surface area contributed by atoms with Crippen molar-refractivity contribution < 1.29 is 14.4 Å². The Balaban J connectivity index is 1.50. The smallest absolute Gasteiger partial charge is 0.288 e. The molecule has 0 aromatic carbocycles. The van der Waals surface area contributed by atoms with E-state index in [1.165, 1.54) is 6.20 Å². The number of rotatable bonds is 3. The van der Waals surface area contributed by atoms with Crippen molar-refractivity contribution in [3.8, 4) is 0 Å². The predicted octanol–water partition coefficient (Wildman–Crippen LogP) is -0.147. The van der Waals surface area contributed by atoms with Crippen molar-refractivity contribution in [1.29, 1.82) is 0 Å². The fourth-order valence-corrected chi connectivity index (χ4v) is 2.43. The lowest BCUT2D eigenvalue weighted by Gasteiger charge is -2.15. The molecule has 0 bridgehead atoms. The maximum Gasteiger partial charge on any atom is 0.288 e. The van der Waals surface area contributed by atoms with Crippen LogP contribution in [0.25, 0.3) is 0 Å². The normalized spacial score (nSPS) is 21.2. The average molecular weight is 288 g/mol. The number of likely N-dealkylation sites (tertiary alicyclic amines) is 1. The SMILES string of the molecule is O=C(NNC(=O)[C@@H]1CC(=O)N(C2CC2)C1)c1ccccn1. The minimum absolute atomic E-state index is 0.0219. The summed E-state index contributed by atoms with van der Waals surface area (Å²) in [4.78, 5) is 41.2. The van der Waals surface area contributed by atoms with E-state index in [-0.39, 0.29) is 23.9 Å². The number of hydrogen-bond donors (Lipinski definition) is 2. The molecule has 2 heterocycles. The fourth-order valence-electron chi connectivity index (χ4n) is 2.43. The van der Waals surface area contributed by atoms with Gasteiger partial charge >= 0.3 is 0 Å².